The van der Waals surface area contributed by atoms with Gasteiger partial charge < -0.3 is 14.4 Å². The number of amides is 1. The van der Waals surface area contributed by atoms with Gasteiger partial charge in [-0.25, -0.2) is 4.39 Å². The molecule has 2 aromatic rings. The Labute approximate surface area is 139 Å². The van der Waals surface area contributed by atoms with Crippen LogP contribution >= 0.6 is 0 Å². The average molecular weight is 327 g/mol. The number of benzene rings is 2. The van der Waals surface area contributed by atoms with E-state index in [9.17, 15) is 9.18 Å². The first kappa shape index (κ1) is 15.0. The summed E-state index contributed by atoms with van der Waals surface area (Å²) in [6.07, 6.45) is 1.12. The van der Waals surface area contributed by atoms with Crippen molar-refractivity contribution in [2.75, 3.05) is 19.9 Å². The Morgan fingerprint density at radius 2 is 2.00 bits per heavy atom. The van der Waals surface area contributed by atoms with E-state index in [0.717, 1.165) is 12.0 Å². The molecular formula is C19H18FNO3. The van der Waals surface area contributed by atoms with Gasteiger partial charge >= 0.3 is 0 Å². The second-order valence-corrected chi connectivity index (χ2v) is 6.21. The van der Waals surface area contributed by atoms with Crippen LogP contribution in [0.3, 0.4) is 0 Å². The summed E-state index contributed by atoms with van der Waals surface area (Å²) in [7, 11) is 0. The molecule has 5 heteroatoms. The first-order chi connectivity index (χ1) is 11.7. The van der Waals surface area contributed by atoms with Crippen LogP contribution in [0.5, 0.6) is 11.5 Å². The zero-order valence-electron chi connectivity index (χ0n) is 13.2. The quantitative estimate of drug-likeness (QED) is 0.869. The van der Waals surface area contributed by atoms with Gasteiger partial charge in [0, 0.05) is 19.0 Å². The summed E-state index contributed by atoms with van der Waals surface area (Å²) >= 11 is 0. The molecule has 2 aliphatic rings. The number of nitrogens with zero attached hydrogens (tertiary/aromatic N) is 1. The zero-order valence-corrected chi connectivity index (χ0v) is 13.2. The molecule has 24 heavy (non-hydrogen) atoms. The molecule has 1 amide bonds. The molecule has 0 radical (unpaired) electrons. The van der Waals surface area contributed by atoms with Crippen LogP contribution in [-0.2, 0) is 11.2 Å². The fourth-order valence-electron chi connectivity index (χ4n) is 3.38. The fraction of sp³-hybridized carbons (Fsp3) is 0.316. The Kier molecular flexibility index (Phi) is 3.84. The third-order valence-electron chi connectivity index (χ3n) is 4.68. The third-order valence-corrected chi connectivity index (χ3v) is 4.68. The topological polar surface area (TPSA) is 38.8 Å². The van der Waals surface area contributed by atoms with Gasteiger partial charge in [0.25, 0.3) is 0 Å². The number of ether oxygens (including phenoxy) is 2. The summed E-state index contributed by atoms with van der Waals surface area (Å²) in [6.45, 7) is 1.47. The Balaban J connectivity index is 1.42. The highest BCUT2D eigenvalue weighted by Gasteiger charge is 2.29. The standard InChI is InChI=1S/C19H18FNO3/c20-16-4-2-1-3-15(16)14-7-8-21(11-14)19(22)10-13-5-6-17-18(9-13)24-12-23-17/h1-6,9,14H,7-8,10-12H2/t14-/m0/s1. The zero-order chi connectivity index (χ0) is 16.5. The van der Waals surface area contributed by atoms with Gasteiger partial charge in [-0.3, -0.25) is 4.79 Å². The van der Waals surface area contributed by atoms with Crippen molar-refractivity contribution in [3.8, 4) is 11.5 Å². The van der Waals surface area contributed by atoms with Gasteiger partial charge in [0.1, 0.15) is 5.82 Å². The molecule has 1 atom stereocenters. The largest absolute Gasteiger partial charge is 0.454 e. The van der Waals surface area contributed by atoms with Crippen LogP contribution in [0.15, 0.2) is 42.5 Å². The van der Waals surface area contributed by atoms with E-state index in [1.807, 2.05) is 35.2 Å². The van der Waals surface area contributed by atoms with Crippen LogP contribution in [0.25, 0.3) is 0 Å². The number of likely N-dealkylation sites (tertiary alicyclic amines) is 1. The molecular weight excluding hydrogens is 309 g/mol. The van der Waals surface area contributed by atoms with E-state index in [2.05, 4.69) is 0 Å². The van der Waals surface area contributed by atoms with Gasteiger partial charge in [-0.2, -0.15) is 0 Å². The number of fused-ring (bicyclic) bond motifs is 1. The summed E-state index contributed by atoms with van der Waals surface area (Å²) in [5, 5.41) is 0. The molecule has 0 bridgehead atoms. The highest BCUT2D eigenvalue weighted by molar-refractivity contribution is 5.79. The molecule has 4 rings (SSSR count). The smallest absolute Gasteiger partial charge is 0.231 e. The lowest BCUT2D eigenvalue weighted by molar-refractivity contribution is -0.129. The first-order valence-electron chi connectivity index (χ1n) is 8.11. The Hall–Kier alpha value is -2.56. The minimum absolute atomic E-state index is 0.0627. The van der Waals surface area contributed by atoms with Gasteiger partial charge in [-0.05, 0) is 35.7 Å². The maximum Gasteiger partial charge on any atom is 0.231 e. The van der Waals surface area contributed by atoms with Crippen molar-refractivity contribution < 1.29 is 18.7 Å². The summed E-state index contributed by atoms with van der Waals surface area (Å²) in [5.74, 6) is 1.35. The van der Waals surface area contributed by atoms with Crippen LogP contribution in [0, 0.1) is 5.82 Å². The van der Waals surface area contributed by atoms with E-state index >= 15 is 0 Å². The molecule has 1 saturated heterocycles. The summed E-state index contributed by atoms with van der Waals surface area (Å²) < 4.78 is 24.5. The van der Waals surface area contributed by atoms with Gasteiger partial charge in [0.15, 0.2) is 11.5 Å². The van der Waals surface area contributed by atoms with Crippen LogP contribution < -0.4 is 9.47 Å². The average Bonchev–Trinajstić information content (AvgIpc) is 3.24. The molecule has 0 spiro atoms. The second-order valence-electron chi connectivity index (χ2n) is 6.21. The van der Waals surface area contributed by atoms with Gasteiger partial charge in [0.05, 0.1) is 6.42 Å². The van der Waals surface area contributed by atoms with Gasteiger partial charge in [-0.1, -0.05) is 24.3 Å². The number of halogens is 1. The lowest BCUT2D eigenvalue weighted by Gasteiger charge is -2.17. The lowest BCUT2D eigenvalue weighted by Crippen LogP contribution is -2.29. The number of carbonyl (C=O) groups is 1. The SMILES string of the molecule is O=C(Cc1ccc2c(c1)OCO2)N1CC[C@H](c2ccccc2F)C1. The van der Waals surface area contributed by atoms with E-state index in [-0.39, 0.29) is 24.4 Å². The molecule has 0 aliphatic carbocycles. The molecule has 0 aromatic heterocycles. The Morgan fingerprint density at radius 3 is 2.88 bits per heavy atom. The van der Waals surface area contributed by atoms with Crippen LogP contribution in [0.1, 0.15) is 23.5 Å². The van der Waals surface area contributed by atoms with Crippen molar-refractivity contribution in [3.05, 3.63) is 59.4 Å². The summed E-state index contributed by atoms with van der Waals surface area (Å²) in [6, 6.07) is 12.4. The van der Waals surface area contributed by atoms with Crippen molar-refractivity contribution in [2.45, 2.75) is 18.8 Å². The number of rotatable bonds is 3. The van der Waals surface area contributed by atoms with Crippen molar-refractivity contribution in [3.63, 3.8) is 0 Å². The van der Waals surface area contributed by atoms with Crippen molar-refractivity contribution in [1.82, 2.24) is 4.90 Å². The minimum atomic E-state index is -0.187. The number of hydrogen-bond acceptors (Lipinski definition) is 3. The van der Waals surface area contributed by atoms with Crippen LogP contribution in [0.4, 0.5) is 4.39 Å². The molecule has 2 heterocycles. The maximum absolute atomic E-state index is 13.9. The molecule has 2 aromatic carbocycles. The molecule has 4 nitrogen and oxygen atoms in total. The lowest BCUT2D eigenvalue weighted by atomic mass is 9.98. The van der Waals surface area contributed by atoms with E-state index in [1.54, 1.807) is 6.07 Å². The minimum Gasteiger partial charge on any atom is -0.454 e. The van der Waals surface area contributed by atoms with Crippen molar-refractivity contribution >= 4 is 5.91 Å². The third kappa shape index (κ3) is 2.82. The molecule has 1 fully saturated rings. The predicted molar refractivity (Wildman–Crippen MR) is 86.6 cm³/mol. The van der Waals surface area contributed by atoms with E-state index < -0.39 is 0 Å². The van der Waals surface area contributed by atoms with E-state index in [0.29, 0.717) is 36.6 Å². The monoisotopic (exact) mass is 327 g/mol. The second kappa shape index (κ2) is 6.15. The summed E-state index contributed by atoms with van der Waals surface area (Å²) in [4.78, 5) is 14.4. The molecule has 124 valence electrons. The van der Waals surface area contributed by atoms with E-state index in [1.165, 1.54) is 6.07 Å². The Bertz CT molecular complexity index is 777. The normalized spacial score (nSPS) is 18.9. The van der Waals surface area contributed by atoms with Crippen molar-refractivity contribution in [2.24, 2.45) is 0 Å². The summed E-state index contributed by atoms with van der Waals surface area (Å²) in [5.41, 5.74) is 1.61. The predicted octanol–water partition coefficient (Wildman–Crippen LogP) is 3.11. The molecule has 0 N–H and O–H groups in total. The van der Waals surface area contributed by atoms with Gasteiger partial charge in [-0.15, -0.1) is 0 Å². The molecule has 0 saturated carbocycles. The fourth-order valence-corrected chi connectivity index (χ4v) is 3.38. The Morgan fingerprint density at radius 1 is 1.17 bits per heavy atom. The van der Waals surface area contributed by atoms with Gasteiger partial charge in [0.2, 0.25) is 12.7 Å². The first-order valence-corrected chi connectivity index (χ1v) is 8.11. The van der Waals surface area contributed by atoms with Crippen molar-refractivity contribution in [1.29, 1.82) is 0 Å². The number of carbonyl (C=O) groups excluding carboxylic acids is 1. The van der Waals surface area contributed by atoms with Crippen LogP contribution in [0.2, 0.25) is 0 Å². The number of hydrogen-bond donors (Lipinski definition) is 0. The highest BCUT2D eigenvalue weighted by Crippen LogP contribution is 2.33. The highest BCUT2D eigenvalue weighted by atomic mass is 19.1. The molecule has 0 unspecified atom stereocenters. The van der Waals surface area contributed by atoms with Crippen LogP contribution in [-0.4, -0.2) is 30.7 Å². The van der Waals surface area contributed by atoms with E-state index in [4.69, 9.17) is 9.47 Å². The maximum atomic E-state index is 13.9. The molecule has 2 aliphatic heterocycles.